The van der Waals surface area contributed by atoms with Crippen molar-refractivity contribution in [3.8, 4) is 0 Å². The van der Waals surface area contributed by atoms with Gasteiger partial charge in [0.05, 0.1) is 0 Å². The normalized spacial score (nSPS) is 18.3. The van der Waals surface area contributed by atoms with Crippen molar-refractivity contribution in [2.24, 2.45) is 0 Å². The maximum atomic E-state index is 4.78. The van der Waals surface area contributed by atoms with Gasteiger partial charge in [-0.05, 0) is 26.2 Å². The fourth-order valence-corrected chi connectivity index (χ4v) is 4.36. The Bertz CT molecular complexity index is 437. The molecule has 1 aliphatic carbocycles. The fourth-order valence-electron chi connectivity index (χ4n) is 3.63. The van der Waals surface area contributed by atoms with Crippen molar-refractivity contribution in [3.63, 3.8) is 0 Å². The lowest BCUT2D eigenvalue weighted by Gasteiger charge is -2.19. The summed E-state index contributed by atoms with van der Waals surface area (Å²) in [5.74, 6) is 0.854. The third-order valence-electron chi connectivity index (χ3n) is 5.29. The van der Waals surface area contributed by atoms with Crippen molar-refractivity contribution in [1.82, 2.24) is 9.36 Å². The molecule has 0 bridgehead atoms. The zero-order valence-corrected chi connectivity index (χ0v) is 17.3. The van der Waals surface area contributed by atoms with Crippen LogP contribution in [-0.2, 0) is 0 Å². The second-order valence-corrected chi connectivity index (χ2v) is 8.16. The first-order valence-corrected chi connectivity index (χ1v) is 11.5. The van der Waals surface area contributed by atoms with Gasteiger partial charge < -0.3 is 10.2 Å². The Morgan fingerprint density at radius 2 is 1.56 bits per heavy atom. The topological polar surface area (TPSA) is 41.1 Å². The molecule has 1 fully saturated rings. The summed E-state index contributed by atoms with van der Waals surface area (Å²) in [5.41, 5.74) is 0. The van der Waals surface area contributed by atoms with Crippen molar-refractivity contribution < 1.29 is 0 Å². The zero-order chi connectivity index (χ0) is 17.7. The SMILES string of the molecule is CCCCN(CC)c1nc(NC2CCCCCCCCCCC2)ns1. The van der Waals surface area contributed by atoms with Gasteiger partial charge in [0.2, 0.25) is 11.1 Å². The van der Waals surface area contributed by atoms with Crippen molar-refractivity contribution in [3.05, 3.63) is 0 Å². The molecule has 1 N–H and O–H groups in total. The minimum Gasteiger partial charge on any atom is -0.351 e. The minimum atomic E-state index is 0.549. The molecule has 25 heavy (non-hydrogen) atoms. The average molecular weight is 367 g/mol. The average Bonchev–Trinajstić information content (AvgIpc) is 3.06. The smallest absolute Gasteiger partial charge is 0.236 e. The van der Waals surface area contributed by atoms with Gasteiger partial charge in [0.15, 0.2) is 0 Å². The first-order valence-electron chi connectivity index (χ1n) is 10.7. The lowest BCUT2D eigenvalue weighted by atomic mass is 9.98. The highest BCUT2D eigenvalue weighted by atomic mass is 32.1. The van der Waals surface area contributed by atoms with E-state index in [1.807, 2.05) is 0 Å². The van der Waals surface area contributed by atoms with Gasteiger partial charge in [-0.1, -0.05) is 71.1 Å². The molecule has 1 aliphatic rings. The van der Waals surface area contributed by atoms with Gasteiger partial charge in [-0.3, -0.25) is 0 Å². The van der Waals surface area contributed by atoms with Crippen LogP contribution in [0.15, 0.2) is 0 Å². The second-order valence-electron chi connectivity index (χ2n) is 7.43. The van der Waals surface area contributed by atoms with Crippen LogP contribution in [0, 0.1) is 0 Å². The molecule has 5 heteroatoms. The molecule has 0 saturated heterocycles. The number of hydrogen-bond acceptors (Lipinski definition) is 5. The molecule has 0 radical (unpaired) electrons. The molecule has 144 valence electrons. The predicted molar refractivity (Wildman–Crippen MR) is 111 cm³/mol. The van der Waals surface area contributed by atoms with Crippen molar-refractivity contribution in [2.45, 2.75) is 103 Å². The van der Waals surface area contributed by atoms with Crippen LogP contribution < -0.4 is 10.2 Å². The molecule has 1 aromatic heterocycles. The van der Waals surface area contributed by atoms with E-state index < -0.39 is 0 Å². The molecule has 0 amide bonds. The lowest BCUT2D eigenvalue weighted by Crippen LogP contribution is -2.24. The van der Waals surface area contributed by atoms with Crippen LogP contribution in [0.25, 0.3) is 0 Å². The summed E-state index contributed by atoms with van der Waals surface area (Å²) in [6.07, 6.45) is 17.6. The molecule has 0 aliphatic heterocycles. The lowest BCUT2D eigenvalue weighted by molar-refractivity contribution is 0.479. The standard InChI is InChI=1S/C20H38N4S/c1-3-5-17-24(4-2)20-22-19(23-25-20)21-18-15-13-11-9-7-6-8-10-12-14-16-18/h18H,3-17H2,1-2H3,(H,21,23). The predicted octanol–water partition coefficient (Wildman–Crippen LogP) is 6.25. The van der Waals surface area contributed by atoms with Crippen molar-refractivity contribution in [2.75, 3.05) is 23.3 Å². The molecule has 2 rings (SSSR count). The Morgan fingerprint density at radius 3 is 2.12 bits per heavy atom. The van der Waals surface area contributed by atoms with E-state index in [4.69, 9.17) is 4.98 Å². The van der Waals surface area contributed by atoms with E-state index in [0.29, 0.717) is 6.04 Å². The van der Waals surface area contributed by atoms with Crippen LogP contribution in [-0.4, -0.2) is 28.5 Å². The Labute approximate surface area is 159 Å². The molecule has 1 saturated carbocycles. The Hall–Kier alpha value is -0.840. The number of nitrogens with one attached hydrogen (secondary N) is 1. The quantitative estimate of drug-likeness (QED) is 0.619. The monoisotopic (exact) mass is 366 g/mol. The third kappa shape index (κ3) is 7.93. The largest absolute Gasteiger partial charge is 0.351 e. The van der Waals surface area contributed by atoms with Crippen LogP contribution in [0.5, 0.6) is 0 Å². The molecule has 0 unspecified atom stereocenters. The van der Waals surface area contributed by atoms with E-state index in [2.05, 4.69) is 28.4 Å². The van der Waals surface area contributed by atoms with E-state index in [0.717, 1.165) is 24.2 Å². The molecular formula is C20H38N4S. The van der Waals surface area contributed by atoms with Crippen LogP contribution in [0.3, 0.4) is 0 Å². The number of hydrogen-bond donors (Lipinski definition) is 1. The number of anilines is 2. The van der Waals surface area contributed by atoms with Gasteiger partial charge in [0, 0.05) is 30.7 Å². The Morgan fingerprint density at radius 1 is 0.960 bits per heavy atom. The highest BCUT2D eigenvalue weighted by Crippen LogP contribution is 2.23. The number of rotatable bonds is 7. The van der Waals surface area contributed by atoms with Crippen molar-refractivity contribution in [1.29, 1.82) is 0 Å². The number of nitrogens with zero attached hydrogens (tertiary/aromatic N) is 3. The van der Waals surface area contributed by atoms with Gasteiger partial charge in [-0.2, -0.15) is 9.36 Å². The highest BCUT2D eigenvalue weighted by Gasteiger charge is 2.14. The van der Waals surface area contributed by atoms with Gasteiger partial charge in [-0.25, -0.2) is 0 Å². The maximum Gasteiger partial charge on any atom is 0.236 e. The molecule has 0 aromatic carbocycles. The molecular weight excluding hydrogens is 328 g/mol. The summed E-state index contributed by atoms with van der Waals surface area (Å²) in [5, 5.41) is 4.73. The van der Waals surface area contributed by atoms with Crippen LogP contribution >= 0.6 is 11.5 Å². The Kier molecular flexibility index (Phi) is 10.2. The summed E-state index contributed by atoms with van der Waals surface area (Å²) in [6.45, 7) is 6.55. The second kappa shape index (κ2) is 12.5. The van der Waals surface area contributed by atoms with Gasteiger partial charge in [0.25, 0.3) is 0 Å². The Balaban J connectivity index is 1.86. The fraction of sp³-hybridized carbons (Fsp3) is 0.900. The zero-order valence-electron chi connectivity index (χ0n) is 16.4. The first-order chi connectivity index (χ1) is 12.3. The molecule has 0 atom stereocenters. The summed E-state index contributed by atoms with van der Waals surface area (Å²) < 4.78 is 4.59. The van der Waals surface area contributed by atoms with Gasteiger partial charge in [0.1, 0.15) is 0 Å². The molecule has 4 nitrogen and oxygen atoms in total. The van der Waals surface area contributed by atoms with E-state index in [1.54, 1.807) is 11.5 Å². The first kappa shape index (κ1) is 20.5. The third-order valence-corrected chi connectivity index (χ3v) is 6.06. The maximum absolute atomic E-state index is 4.78. The summed E-state index contributed by atoms with van der Waals surface area (Å²) in [6, 6.07) is 0.549. The van der Waals surface area contributed by atoms with Gasteiger partial charge in [-0.15, -0.1) is 0 Å². The van der Waals surface area contributed by atoms with E-state index in [9.17, 15) is 0 Å². The summed E-state index contributed by atoms with van der Waals surface area (Å²) in [7, 11) is 0. The van der Waals surface area contributed by atoms with E-state index in [-0.39, 0.29) is 0 Å². The van der Waals surface area contributed by atoms with E-state index in [1.165, 1.54) is 83.5 Å². The minimum absolute atomic E-state index is 0.549. The highest BCUT2D eigenvalue weighted by molar-refractivity contribution is 7.09. The van der Waals surface area contributed by atoms with Crippen LogP contribution in [0.4, 0.5) is 11.1 Å². The number of unbranched alkanes of at least 4 members (excludes halogenated alkanes) is 1. The molecule has 1 aromatic rings. The van der Waals surface area contributed by atoms with Gasteiger partial charge >= 0.3 is 0 Å². The van der Waals surface area contributed by atoms with E-state index >= 15 is 0 Å². The number of aromatic nitrogens is 2. The van der Waals surface area contributed by atoms with Crippen molar-refractivity contribution >= 4 is 22.6 Å². The summed E-state index contributed by atoms with van der Waals surface area (Å²) in [4.78, 5) is 7.13. The van der Waals surface area contributed by atoms with Crippen LogP contribution in [0.1, 0.15) is 97.3 Å². The van der Waals surface area contributed by atoms with Crippen LogP contribution in [0.2, 0.25) is 0 Å². The summed E-state index contributed by atoms with van der Waals surface area (Å²) >= 11 is 1.55. The molecule has 1 heterocycles. The molecule has 0 spiro atoms.